The lowest BCUT2D eigenvalue weighted by Crippen LogP contribution is -2.26. The Bertz CT molecular complexity index is 703. The van der Waals surface area contributed by atoms with Crippen LogP contribution in [0, 0.1) is 0 Å². The van der Waals surface area contributed by atoms with Crippen molar-refractivity contribution in [2.45, 2.75) is 10.6 Å². The van der Waals surface area contributed by atoms with Crippen molar-refractivity contribution in [1.29, 1.82) is 0 Å². The van der Waals surface area contributed by atoms with Gasteiger partial charge in [0.1, 0.15) is 0 Å². The number of carbonyl (C=O) groups is 2. The largest absolute Gasteiger partial charge is 0.478 e. The van der Waals surface area contributed by atoms with Gasteiger partial charge in [0.2, 0.25) is 0 Å². The lowest BCUT2D eigenvalue weighted by Gasteiger charge is -2.20. The third-order valence-electron chi connectivity index (χ3n) is 3.26. The fourth-order valence-corrected chi connectivity index (χ4v) is 3.24. The minimum absolute atomic E-state index is 0.166. The van der Waals surface area contributed by atoms with Crippen molar-refractivity contribution in [2.24, 2.45) is 0 Å². The molecular formula is C17H17NO4S. The molecule has 0 aliphatic carbocycles. The van der Waals surface area contributed by atoms with Gasteiger partial charge in [-0.05, 0) is 17.7 Å². The van der Waals surface area contributed by atoms with Gasteiger partial charge in [-0.25, -0.2) is 9.59 Å². The van der Waals surface area contributed by atoms with Crippen molar-refractivity contribution in [1.82, 2.24) is 0 Å². The van der Waals surface area contributed by atoms with Crippen LogP contribution < -0.4 is 4.90 Å². The average Bonchev–Trinajstić information content (AvgIpc) is 2.59. The highest BCUT2D eigenvalue weighted by atomic mass is 32.2. The number of hydrogen-bond donors (Lipinski definition) is 1. The standard InChI is InChI=1S/C17H17NO4S/c1-18(17(21)22-2)14-10-6-9-13(16(19)20)15(14)23-11-12-7-4-3-5-8-12/h3-10H,11H2,1-2H3,(H,19,20). The van der Waals surface area contributed by atoms with E-state index in [9.17, 15) is 14.7 Å². The van der Waals surface area contributed by atoms with E-state index in [1.54, 1.807) is 19.2 Å². The molecule has 0 saturated heterocycles. The molecule has 0 heterocycles. The van der Waals surface area contributed by atoms with E-state index in [1.807, 2.05) is 30.3 Å². The van der Waals surface area contributed by atoms with Gasteiger partial charge in [0, 0.05) is 17.7 Å². The van der Waals surface area contributed by atoms with Gasteiger partial charge in [0.15, 0.2) is 0 Å². The highest BCUT2D eigenvalue weighted by Crippen LogP contribution is 2.35. The Balaban J connectivity index is 2.37. The lowest BCUT2D eigenvalue weighted by molar-refractivity contribution is 0.0693. The molecule has 0 aliphatic heterocycles. The fourth-order valence-electron chi connectivity index (χ4n) is 2.07. The van der Waals surface area contributed by atoms with Crippen molar-refractivity contribution in [3.8, 4) is 0 Å². The van der Waals surface area contributed by atoms with Crippen LogP contribution >= 0.6 is 11.8 Å². The molecule has 2 aromatic carbocycles. The highest BCUT2D eigenvalue weighted by Gasteiger charge is 2.20. The van der Waals surface area contributed by atoms with Gasteiger partial charge in [-0.2, -0.15) is 0 Å². The summed E-state index contributed by atoms with van der Waals surface area (Å²) in [6, 6.07) is 14.6. The van der Waals surface area contributed by atoms with Crippen LogP contribution in [-0.4, -0.2) is 31.3 Å². The summed E-state index contributed by atoms with van der Waals surface area (Å²) in [6.45, 7) is 0. The number of anilines is 1. The zero-order valence-electron chi connectivity index (χ0n) is 12.9. The van der Waals surface area contributed by atoms with E-state index < -0.39 is 12.1 Å². The second-order valence-corrected chi connectivity index (χ2v) is 5.75. The van der Waals surface area contributed by atoms with Crippen molar-refractivity contribution in [3.63, 3.8) is 0 Å². The number of amides is 1. The summed E-state index contributed by atoms with van der Waals surface area (Å²) in [5.41, 5.74) is 1.75. The fraction of sp³-hybridized carbons (Fsp3) is 0.176. The van der Waals surface area contributed by atoms with Gasteiger partial charge < -0.3 is 9.84 Å². The van der Waals surface area contributed by atoms with E-state index in [1.165, 1.54) is 29.8 Å². The number of nitrogens with zero attached hydrogens (tertiary/aromatic N) is 1. The Hall–Kier alpha value is -2.47. The number of rotatable bonds is 5. The van der Waals surface area contributed by atoms with Crippen LogP contribution in [0.25, 0.3) is 0 Å². The van der Waals surface area contributed by atoms with Gasteiger partial charge in [-0.1, -0.05) is 36.4 Å². The van der Waals surface area contributed by atoms with E-state index in [-0.39, 0.29) is 5.56 Å². The van der Waals surface area contributed by atoms with E-state index in [0.29, 0.717) is 16.3 Å². The normalized spacial score (nSPS) is 10.2. The molecule has 0 aromatic heterocycles. The third kappa shape index (κ3) is 4.04. The van der Waals surface area contributed by atoms with Crippen LogP contribution in [0.3, 0.4) is 0 Å². The molecule has 1 amide bonds. The number of thioether (sulfide) groups is 1. The predicted molar refractivity (Wildman–Crippen MR) is 90.2 cm³/mol. The number of carboxylic acid groups (broad SMARTS) is 1. The maximum absolute atomic E-state index is 11.8. The minimum Gasteiger partial charge on any atom is -0.478 e. The molecule has 23 heavy (non-hydrogen) atoms. The molecule has 1 N–H and O–H groups in total. The first-order valence-corrected chi connectivity index (χ1v) is 7.88. The van der Waals surface area contributed by atoms with Crippen LogP contribution in [0.15, 0.2) is 53.4 Å². The van der Waals surface area contributed by atoms with Crippen LogP contribution in [0.4, 0.5) is 10.5 Å². The molecule has 0 atom stereocenters. The number of ether oxygens (including phenoxy) is 1. The van der Waals surface area contributed by atoms with E-state index in [4.69, 9.17) is 4.74 Å². The zero-order chi connectivity index (χ0) is 16.8. The van der Waals surface area contributed by atoms with E-state index in [2.05, 4.69) is 0 Å². The van der Waals surface area contributed by atoms with Gasteiger partial charge >= 0.3 is 12.1 Å². The summed E-state index contributed by atoms with van der Waals surface area (Å²) < 4.78 is 4.71. The Morgan fingerprint density at radius 1 is 1.13 bits per heavy atom. The molecule has 0 fully saturated rings. The number of benzene rings is 2. The quantitative estimate of drug-likeness (QED) is 0.842. The molecule has 0 bridgehead atoms. The first kappa shape index (κ1) is 16.9. The average molecular weight is 331 g/mol. The van der Waals surface area contributed by atoms with Crippen LogP contribution in [0.2, 0.25) is 0 Å². The molecule has 0 spiro atoms. The van der Waals surface area contributed by atoms with Crippen molar-refractivity contribution in [2.75, 3.05) is 19.1 Å². The van der Waals surface area contributed by atoms with Crippen molar-refractivity contribution < 1.29 is 19.4 Å². The number of carbonyl (C=O) groups excluding carboxylic acids is 1. The Kier molecular flexibility index (Phi) is 5.65. The molecule has 0 saturated carbocycles. The number of hydrogen-bond acceptors (Lipinski definition) is 4. The topological polar surface area (TPSA) is 66.8 Å². The highest BCUT2D eigenvalue weighted by molar-refractivity contribution is 7.98. The molecule has 5 nitrogen and oxygen atoms in total. The molecule has 120 valence electrons. The summed E-state index contributed by atoms with van der Waals surface area (Å²) in [4.78, 5) is 25.1. The second kappa shape index (κ2) is 7.69. The maximum Gasteiger partial charge on any atom is 0.413 e. The number of methoxy groups -OCH3 is 1. The lowest BCUT2D eigenvalue weighted by atomic mass is 10.2. The molecule has 2 aromatic rings. The molecule has 0 radical (unpaired) electrons. The summed E-state index contributed by atoms with van der Waals surface area (Å²) in [5.74, 6) is -0.423. The van der Waals surface area contributed by atoms with E-state index in [0.717, 1.165) is 5.56 Å². The van der Waals surface area contributed by atoms with Crippen LogP contribution in [-0.2, 0) is 10.5 Å². The smallest absolute Gasteiger partial charge is 0.413 e. The van der Waals surface area contributed by atoms with Crippen molar-refractivity contribution >= 4 is 29.5 Å². The van der Waals surface area contributed by atoms with Gasteiger partial charge in [-0.3, -0.25) is 4.90 Å². The van der Waals surface area contributed by atoms with Crippen molar-refractivity contribution in [3.05, 3.63) is 59.7 Å². The first-order chi connectivity index (χ1) is 11.0. The molecular weight excluding hydrogens is 314 g/mol. The molecule has 0 unspecified atom stereocenters. The maximum atomic E-state index is 11.8. The molecule has 0 aliphatic rings. The Morgan fingerprint density at radius 3 is 2.43 bits per heavy atom. The molecule has 2 rings (SSSR count). The Labute approximate surface area is 138 Å². The predicted octanol–water partition coefficient (Wildman–Crippen LogP) is 3.88. The van der Waals surface area contributed by atoms with E-state index >= 15 is 0 Å². The van der Waals surface area contributed by atoms with Crippen LogP contribution in [0.1, 0.15) is 15.9 Å². The number of aromatic carboxylic acids is 1. The summed E-state index contributed by atoms with van der Waals surface area (Å²) in [7, 11) is 2.84. The summed E-state index contributed by atoms with van der Waals surface area (Å²) >= 11 is 1.38. The number of carboxylic acids is 1. The monoisotopic (exact) mass is 331 g/mol. The summed E-state index contributed by atoms with van der Waals surface area (Å²) in [5, 5.41) is 9.42. The second-order valence-electron chi connectivity index (χ2n) is 4.76. The summed E-state index contributed by atoms with van der Waals surface area (Å²) in [6.07, 6.45) is -0.547. The van der Waals surface area contributed by atoms with Gasteiger partial charge in [-0.15, -0.1) is 11.8 Å². The molecule has 6 heteroatoms. The van der Waals surface area contributed by atoms with Gasteiger partial charge in [0.25, 0.3) is 0 Å². The van der Waals surface area contributed by atoms with Gasteiger partial charge in [0.05, 0.1) is 18.4 Å². The zero-order valence-corrected chi connectivity index (χ0v) is 13.7. The van der Waals surface area contributed by atoms with Crippen LogP contribution in [0.5, 0.6) is 0 Å². The third-order valence-corrected chi connectivity index (χ3v) is 4.46. The SMILES string of the molecule is COC(=O)N(C)c1cccc(C(=O)O)c1SCc1ccccc1. The Morgan fingerprint density at radius 2 is 1.83 bits per heavy atom. The first-order valence-electron chi connectivity index (χ1n) is 6.89. The minimum atomic E-state index is -1.03.